The van der Waals surface area contributed by atoms with Crippen molar-refractivity contribution in [3.8, 4) is 0 Å². The van der Waals surface area contributed by atoms with Crippen LogP contribution in [0.3, 0.4) is 0 Å². The van der Waals surface area contributed by atoms with E-state index in [-0.39, 0.29) is 30.2 Å². The minimum absolute atomic E-state index is 0.0283. The first-order chi connectivity index (χ1) is 14.8. The van der Waals surface area contributed by atoms with E-state index in [9.17, 15) is 4.79 Å². The maximum Gasteiger partial charge on any atom is 0.326 e. The Morgan fingerprint density at radius 3 is 2.68 bits per heavy atom. The summed E-state index contributed by atoms with van der Waals surface area (Å²) in [5.41, 5.74) is 6.16. The molecule has 3 aliphatic rings. The molecule has 7 nitrogen and oxygen atoms in total. The summed E-state index contributed by atoms with van der Waals surface area (Å²) in [5.74, 6) is 0.927. The van der Waals surface area contributed by atoms with Crippen LogP contribution >= 0.6 is 0 Å². The summed E-state index contributed by atoms with van der Waals surface area (Å²) >= 11 is 0. The van der Waals surface area contributed by atoms with Crippen molar-refractivity contribution >= 4 is 11.6 Å². The number of allylic oxidation sites excluding steroid dienone is 3. The Morgan fingerprint density at radius 2 is 2.13 bits per heavy atom. The van der Waals surface area contributed by atoms with Crippen molar-refractivity contribution in [2.75, 3.05) is 13.6 Å². The lowest BCUT2D eigenvalue weighted by Crippen LogP contribution is -2.28. The maximum absolute atomic E-state index is 11.8. The number of carbonyl (C=O) groups is 1. The lowest BCUT2D eigenvalue weighted by atomic mass is 10.0. The number of carbonyl (C=O) groups excluding carboxylic acids is 1. The van der Waals surface area contributed by atoms with Gasteiger partial charge in [-0.25, -0.2) is 0 Å². The molecule has 3 heterocycles. The summed E-state index contributed by atoms with van der Waals surface area (Å²) in [6.45, 7) is 9.24. The zero-order valence-electron chi connectivity index (χ0n) is 19.6. The van der Waals surface area contributed by atoms with Gasteiger partial charge in [-0.15, -0.1) is 0 Å². The Hall–Kier alpha value is -2.41. The molecule has 0 aromatic carbocycles. The number of aromatic nitrogens is 2. The summed E-state index contributed by atoms with van der Waals surface area (Å²) < 4.78 is 10.7. The van der Waals surface area contributed by atoms with Crippen LogP contribution in [0, 0.1) is 18.8 Å². The van der Waals surface area contributed by atoms with Crippen LogP contribution in [0.2, 0.25) is 0 Å². The summed E-state index contributed by atoms with van der Waals surface area (Å²) in [6.07, 6.45) is 9.62. The highest BCUT2D eigenvalue weighted by atomic mass is 16.5. The van der Waals surface area contributed by atoms with Gasteiger partial charge in [0.15, 0.2) is 5.71 Å². The molecule has 4 atom stereocenters. The molecule has 4 unspecified atom stereocenters. The summed E-state index contributed by atoms with van der Waals surface area (Å²) in [7, 11) is 3.64. The SMILES string of the molecule is CNC(=O)CC(C)C(C)OC1C(c2cn(C)nc2C)[N+]1=C(C)C1=CC=C(C2CC2)NC1. The van der Waals surface area contributed by atoms with Crippen LogP contribution in [0.4, 0.5) is 0 Å². The number of hydrogen-bond acceptors (Lipinski definition) is 4. The predicted molar refractivity (Wildman–Crippen MR) is 121 cm³/mol. The van der Waals surface area contributed by atoms with E-state index in [4.69, 9.17) is 4.74 Å². The minimum Gasteiger partial charge on any atom is -0.384 e. The first-order valence-electron chi connectivity index (χ1n) is 11.4. The number of ether oxygens (including phenoxy) is 1. The molecule has 1 aromatic rings. The molecule has 0 radical (unpaired) electrons. The summed E-state index contributed by atoms with van der Waals surface area (Å²) in [6, 6.07) is 0.151. The number of hydrogen-bond donors (Lipinski definition) is 2. The fourth-order valence-corrected chi connectivity index (χ4v) is 4.47. The van der Waals surface area contributed by atoms with E-state index in [1.807, 2.05) is 11.7 Å². The first kappa shape index (κ1) is 21.8. The van der Waals surface area contributed by atoms with Crippen LogP contribution in [0.5, 0.6) is 0 Å². The molecule has 0 bridgehead atoms. The molecule has 0 spiro atoms. The van der Waals surface area contributed by atoms with Crippen molar-refractivity contribution < 1.29 is 14.1 Å². The average Bonchev–Trinajstić information content (AvgIpc) is 3.66. The molecular weight excluding hydrogens is 390 g/mol. The maximum atomic E-state index is 11.8. The molecule has 2 aliphatic heterocycles. The van der Waals surface area contributed by atoms with Gasteiger partial charge in [0, 0.05) is 51.5 Å². The molecule has 1 aliphatic carbocycles. The summed E-state index contributed by atoms with van der Waals surface area (Å²) in [4.78, 5) is 11.8. The van der Waals surface area contributed by atoms with Crippen LogP contribution in [-0.4, -0.2) is 51.9 Å². The third-order valence-corrected chi connectivity index (χ3v) is 6.88. The molecule has 2 fully saturated rings. The Labute approximate surface area is 185 Å². The van der Waals surface area contributed by atoms with Crippen molar-refractivity contribution in [2.45, 2.75) is 65.3 Å². The van der Waals surface area contributed by atoms with Gasteiger partial charge in [-0.05, 0) is 50.7 Å². The third-order valence-electron chi connectivity index (χ3n) is 6.88. The van der Waals surface area contributed by atoms with E-state index in [1.54, 1.807) is 7.05 Å². The van der Waals surface area contributed by atoms with E-state index >= 15 is 0 Å². The van der Waals surface area contributed by atoms with Gasteiger partial charge in [0.1, 0.15) is 0 Å². The number of rotatable bonds is 8. The average molecular weight is 427 g/mol. The van der Waals surface area contributed by atoms with E-state index < -0.39 is 0 Å². The van der Waals surface area contributed by atoms with E-state index in [0.29, 0.717) is 6.42 Å². The Kier molecular flexibility index (Phi) is 6.06. The van der Waals surface area contributed by atoms with Crippen LogP contribution in [0.15, 0.2) is 29.6 Å². The summed E-state index contributed by atoms with van der Waals surface area (Å²) in [5, 5.41) is 10.9. The van der Waals surface area contributed by atoms with Gasteiger partial charge in [-0.3, -0.25) is 9.48 Å². The Morgan fingerprint density at radius 1 is 1.39 bits per heavy atom. The van der Waals surface area contributed by atoms with Crippen LogP contribution in [-0.2, 0) is 16.6 Å². The van der Waals surface area contributed by atoms with Gasteiger partial charge >= 0.3 is 6.23 Å². The molecule has 1 saturated carbocycles. The van der Waals surface area contributed by atoms with Crippen molar-refractivity contribution in [1.29, 1.82) is 0 Å². The molecule has 7 heteroatoms. The zero-order chi connectivity index (χ0) is 22.3. The highest BCUT2D eigenvalue weighted by molar-refractivity contribution is 5.96. The minimum atomic E-state index is -0.0419. The molecule has 2 N–H and O–H groups in total. The van der Waals surface area contributed by atoms with Crippen molar-refractivity contribution in [3.63, 3.8) is 0 Å². The van der Waals surface area contributed by atoms with Gasteiger partial charge in [0.25, 0.3) is 6.04 Å². The second-order valence-corrected chi connectivity index (χ2v) is 9.31. The normalized spacial score (nSPS) is 26.4. The van der Waals surface area contributed by atoms with Gasteiger partial charge in [0.2, 0.25) is 5.91 Å². The van der Waals surface area contributed by atoms with Crippen LogP contribution in [0.25, 0.3) is 0 Å². The van der Waals surface area contributed by atoms with Crippen LogP contribution in [0.1, 0.15) is 57.3 Å². The topological polar surface area (TPSA) is 71.2 Å². The van der Waals surface area contributed by atoms with Gasteiger partial charge < -0.3 is 15.4 Å². The number of nitrogens with one attached hydrogen (secondary N) is 2. The van der Waals surface area contributed by atoms with Crippen molar-refractivity contribution in [3.05, 3.63) is 40.9 Å². The van der Waals surface area contributed by atoms with Gasteiger partial charge in [0.05, 0.1) is 17.4 Å². The lowest BCUT2D eigenvalue weighted by Gasteiger charge is -2.17. The fourth-order valence-electron chi connectivity index (χ4n) is 4.47. The first-order valence-corrected chi connectivity index (χ1v) is 11.4. The molecular formula is C24H36N5O2+. The lowest BCUT2D eigenvalue weighted by molar-refractivity contribution is -0.425. The fraction of sp³-hybridized carbons (Fsp3) is 0.625. The largest absolute Gasteiger partial charge is 0.384 e. The molecule has 1 amide bonds. The van der Waals surface area contributed by atoms with Crippen molar-refractivity contribution in [2.24, 2.45) is 18.9 Å². The van der Waals surface area contributed by atoms with E-state index in [2.05, 4.69) is 66.4 Å². The van der Waals surface area contributed by atoms with Gasteiger partial charge in [-0.1, -0.05) is 6.92 Å². The second kappa shape index (κ2) is 8.61. The smallest absolute Gasteiger partial charge is 0.326 e. The molecule has 1 saturated heterocycles. The molecule has 4 rings (SSSR count). The monoisotopic (exact) mass is 426 g/mol. The Bertz CT molecular complexity index is 953. The standard InChI is InChI=1S/C24H35N5O2/c1-14(11-22(30)25-5)17(4)31-24-23(20-13-28(6)27-15(20)2)29(24)16(3)19-9-10-21(26-12-19)18-7-8-18/h9-10,13-14,17-18,23-24H,7-8,11-12H2,1-6H3,(H,25,30)/p+1. The number of dihydropyridines is 1. The highest BCUT2D eigenvalue weighted by Crippen LogP contribution is 2.43. The van der Waals surface area contributed by atoms with Gasteiger partial charge in [-0.2, -0.15) is 9.67 Å². The van der Waals surface area contributed by atoms with E-state index in [1.165, 1.54) is 35.4 Å². The van der Waals surface area contributed by atoms with Crippen LogP contribution < -0.4 is 10.6 Å². The zero-order valence-corrected chi connectivity index (χ0v) is 19.6. The molecule has 168 valence electrons. The molecule has 1 aromatic heterocycles. The predicted octanol–water partition coefficient (Wildman–Crippen LogP) is 2.58. The highest BCUT2D eigenvalue weighted by Gasteiger charge is 2.61. The second-order valence-electron chi connectivity index (χ2n) is 9.31. The van der Waals surface area contributed by atoms with Crippen molar-refractivity contribution in [1.82, 2.24) is 20.4 Å². The number of aryl methyl sites for hydroxylation is 2. The van der Waals surface area contributed by atoms with E-state index in [0.717, 1.165) is 18.2 Å². The quantitative estimate of drug-likeness (QED) is 0.495. The molecule has 31 heavy (non-hydrogen) atoms. The number of nitrogens with zero attached hydrogens (tertiary/aromatic N) is 3. The third kappa shape index (κ3) is 4.61. The number of amides is 1. The Balaban J connectivity index is 1.57.